The highest BCUT2D eigenvalue weighted by Crippen LogP contribution is 2.48. The van der Waals surface area contributed by atoms with Crippen molar-refractivity contribution in [2.75, 3.05) is 13.7 Å². The van der Waals surface area contributed by atoms with E-state index in [0.29, 0.717) is 11.3 Å². The first-order valence-corrected chi connectivity index (χ1v) is 11.8. The predicted molar refractivity (Wildman–Crippen MR) is 120 cm³/mol. The number of carbonyl (C=O) groups is 3. The molecular weight excluding hydrogens is 460 g/mol. The summed E-state index contributed by atoms with van der Waals surface area (Å²) in [6.45, 7) is 1.21. The number of carbonyl (C=O) groups excluding carboxylic acids is 3. The molecule has 0 radical (unpaired) electrons. The van der Waals surface area contributed by atoms with Gasteiger partial charge in [0.25, 0.3) is 11.8 Å². The largest absolute Gasteiger partial charge is 0.484 e. The van der Waals surface area contributed by atoms with Crippen LogP contribution in [0.4, 0.5) is 0 Å². The van der Waals surface area contributed by atoms with Crippen molar-refractivity contribution in [1.29, 1.82) is 10.5 Å². The van der Waals surface area contributed by atoms with Crippen LogP contribution in [-0.4, -0.2) is 56.8 Å². The van der Waals surface area contributed by atoms with Gasteiger partial charge in [0.1, 0.15) is 22.9 Å². The van der Waals surface area contributed by atoms with Gasteiger partial charge in [-0.25, -0.2) is 4.79 Å². The summed E-state index contributed by atoms with van der Waals surface area (Å²) in [5.41, 5.74) is 0.281. The van der Waals surface area contributed by atoms with Crippen LogP contribution in [0.2, 0.25) is 0 Å². The molecule has 2 heterocycles. The second-order valence-corrected chi connectivity index (χ2v) is 9.68. The normalized spacial score (nSPS) is 22.5. The van der Waals surface area contributed by atoms with E-state index in [2.05, 4.69) is 5.32 Å². The van der Waals surface area contributed by atoms with E-state index in [1.54, 1.807) is 37.3 Å². The number of rotatable bonds is 9. The van der Waals surface area contributed by atoms with Gasteiger partial charge in [-0.15, -0.1) is 0 Å². The Hall–Kier alpha value is -3.70. The number of methoxy groups -OCH3 is 1. The Kier molecular flexibility index (Phi) is 7.69. The van der Waals surface area contributed by atoms with Gasteiger partial charge in [0.05, 0.1) is 34.8 Å². The zero-order valence-electron chi connectivity index (χ0n) is 18.8. The monoisotopic (exact) mass is 484 g/mol. The van der Waals surface area contributed by atoms with Crippen LogP contribution in [0.5, 0.6) is 5.75 Å². The molecule has 1 saturated heterocycles. The Labute approximate surface area is 199 Å². The molecule has 34 heavy (non-hydrogen) atoms. The molecule has 0 aliphatic carbocycles. The van der Waals surface area contributed by atoms with Gasteiger partial charge in [0, 0.05) is 12.8 Å². The number of ether oxygens (including phenoxy) is 2. The lowest BCUT2D eigenvalue weighted by atomic mass is 9.86. The molecule has 3 rings (SSSR count). The summed E-state index contributed by atoms with van der Waals surface area (Å²) in [7, 11) is -0.656. The first-order valence-electron chi connectivity index (χ1n) is 10.6. The van der Waals surface area contributed by atoms with E-state index in [1.165, 1.54) is 7.11 Å². The predicted octanol–water partition coefficient (Wildman–Crippen LogP) is 1.27. The maximum atomic E-state index is 13.8. The Morgan fingerprint density at radius 1 is 1.18 bits per heavy atom. The molecule has 1 aromatic rings. The Bertz CT molecular complexity index is 1100. The standard InChI is InChI=1S/C23H24N4O6S/c1-15-19(22(30)32-2)27-20(29)18(26-17(28)14-33-16-8-4-3-5-9-16)21(27)34(31)23(15,10-6-12-24)11-7-13-25/h3-5,8-9,18,21H,6-7,10-11,14H2,1-2H3,(H,26,28)/t18-,21-,34?/m1/s1. The number of nitrogens with zero attached hydrogens (tertiary/aromatic N) is 3. The molecular formula is C23H24N4O6S. The van der Waals surface area contributed by atoms with Gasteiger partial charge < -0.3 is 14.8 Å². The molecule has 11 heteroatoms. The number of fused-ring (bicyclic) bond motifs is 1. The average molecular weight is 485 g/mol. The summed E-state index contributed by atoms with van der Waals surface area (Å²) in [5, 5.41) is 19.9. The minimum atomic E-state index is -1.82. The highest BCUT2D eigenvalue weighted by atomic mass is 32.2. The average Bonchev–Trinajstić information content (AvgIpc) is 2.85. The lowest BCUT2D eigenvalue weighted by molar-refractivity contribution is -0.152. The number of benzene rings is 1. The molecule has 1 N–H and O–H groups in total. The first kappa shape index (κ1) is 24.9. The Morgan fingerprint density at radius 2 is 1.79 bits per heavy atom. The van der Waals surface area contributed by atoms with Crippen molar-refractivity contribution in [2.45, 2.75) is 48.8 Å². The summed E-state index contributed by atoms with van der Waals surface area (Å²) in [6.07, 6.45) is 0.317. The highest BCUT2D eigenvalue weighted by molar-refractivity contribution is 7.87. The van der Waals surface area contributed by atoms with Crippen LogP contribution >= 0.6 is 0 Å². The van der Waals surface area contributed by atoms with Crippen molar-refractivity contribution in [3.05, 3.63) is 41.6 Å². The second-order valence-electron chi connectivity index (χ2n) is 7.82. The van der Waals surface area contributed by atoms with Crippen LogP contribution in [0.1, 0.15) is 32.6 Å². The number of nitrogens with one attached hydrogen (secondary N) is 1. The lowest BCUT2D eigenvalue weighted by Crippen LogP contribution is -2.76. The summed E-state index contributed by atoms with van der Waals surface area (Å²) in [4.78, 5) is 39.2. The van der Waals surface area contributed by atoms with E-state index in [9.17, 15) is 29.1 Å². The molecule has 1 fully saturated rings. The van der Waals surface area contributed by atoms with E-state index >= 15 is 0 Å². The van der Waals surface area contributed by atoms with Crippen molar-refractivity contribution >= 4 is 28.6 Å². The van der Waals surface area contributed by atoms with Gasteiger partial charge in [0.2, 0.25) is 0 Å². The molecule has 0 saturated carbocycles. The first-order chi connectivity index (χ1) is 16.3. The molecule has 1 aromatic carbocycles. The van der Waals surface area contributed by atoms with Gasteiger partial charge >= 0.3 is 5.97 Å². The van der Waals surface area contributed by atoms with Crippen LogP contribution in [0, 0.1) is 22.7 Å². The molecule has 2 amide bonds. The number of esters is 1. The molecule has 3 atom stereocenters. The molecule has 10 nitrogen and oxygen atoms in total. The summed E-state index contributed by atoms with van der Waals surface area (Å²) >= 11 is 0. The maximum Gasteiger partial charge on any atom is 0.354 e. The minimum absolute atomic E-state index is 0.0333. The maximum absolute atomic E-state index is 13.8. The topological polar surface area (TPSA) is 150 Å². The fourth-order valence-electron chi connectivity index (χ4n) is 4.28. The van der Waals surface area contributed by atoms with Gasteiger partial charge in [-0.2, -0.15) is 10.5 Å². The van der Waals surface area contributed by atoms with E-state index < -0.39 is 44.7 Å². The number of β-lactam (4-membered cyclic amide) rings is 1. The van der Waals surface area contributed by atoms with Crippen LogP contribution in [0.25, 0.3) is 0 Å². The van der Waals surface area contributed by atoms with Crippen molar-refractivity contribution in [3.63, 3.8) is 0 Å². The molecule has 1 unspecified atom stereocenters. The van der Waals surface area contributed by atoms with Gasteiger partial charge in [-0.3, -0.25) is 18.7 Å². The fraction of sp³-hybridized carbons (Fsp3) is 0.435. The summed E-state index contributed by atoms with van der Waals surface area (Å²) in [6, 6.07) is 11.5. The third-order valence-corrected chi connectivity index (χ3v) is 8.42. The fourth-order valence-corrected chi connectivity index (χ4v) is 6.58. The third-order valence-electron chi connectivity index (χ3n) is 6.02. The number of nitriles is 2. The molecule has 0 bridgehead atoms. The van der Waals surface area contributed by atoms with Crippen LogP contribution < -0.4 is 10.1 Å². The van der Waals surface area contributed by atoms with E-state index in [1.807, 2.05) is 12.1 Å². The Morgan fingerprint density at radius 3 is 2.35 bits per heavy atom. The molecule has 2 aliphatic rings. The lowest BCUT2D eigenvalue weighted by Gasteiger charge is -2.54. The zero-order valence-corrected chi connectivity index (χ0v) is 19.6. The Balaban J connectivity index is 1.91. The van der Waals surface area contributed by atoms with Crippen molar-refractivity contribution in [3.8, 4) is 17.9 Å². The molecule has 178 valence electrons. The van der Waals surface area contributed by atoms with E-state index in [-0.39, 0.29) is 38.0 Å². The smallest absolute Gasteiger partial charge is 0.354 e. The number of hydrogen-bond donors (Lipinski definition) is 1. The molecule has 2 aliphatic heterocycles. The number of para-hydroxylation sites is 1. The molecule has 0 spiro atoms. The summed E-state index contributed by atoms with van der Waals surface area (Å²) in [5.74, 6) is -1.51. The van der Waals surface area contributed by atoms with E-state index in [0.717, 1.165) is 4.90 Å². The van der Waals surface area contributed by atoms with Gasteiger partial charge in [0.15, 0.2) is 6.61 Å². The SMILES string of the molecule is COC(=O)C1=C(C)C(CCC#N)(CCC#N)S(=O)[C@@H]2[C@H](NC(=O)COc3ccccc3)C(=O)N12. The van der Waals surface area contributed by atoms with Crippen LogP contribution in [0.3, 0.4) is 0 Å². The minimum Gasteiger partial charge on any atom is -0.484 e. The molecule has 0 aromatic heterocycles. The summed E-state index contributed by atoms with van der Waals surface area (Å²) < 4.78 is 22.9. The van der Waals surface area contributed by atoms with Crippen molar-refractivity contribution < 1.29 is 28.1 Å². The quantitative estimate of drug-likeness (QED) is 0.407. The van der Waals surface area contributed by atoms with Crippen molar-refractivity contribution in [1.82, 2.24) is 10.2 Å². The highest BCUT2D eigenvalue weighted by Gasteiger charge is 2.63. The van der Waals surface area contributed by atoms with Gasteiger partial charge in [-0.1, -0.05) is 18.2 Å². The van der Waals surface area contributed by atoms with Crippen LogP contribution in [-0.2, 0) is 29.9 Å². The second kappa shape index (κ2) is 10.5. The van der Waals surface area contributed by atoms with E-state index in [4.69, 9.17) is 9.47 Å². The third kappa shape index (κ3) is 4.39. The zero-order chi connectivity index (χ0) is 24.9. The number of hydrogen-bond acceptors (Lipinski definition) is 8. The van der Waals surface area contributed by atoms with Crippen LogP contribution in [0.15, 0.2) is 41.6 Å². The number of amides is 2. The van der Waals surface area contributed by atoms with Gasteiger partial charge in [-0.05, 0) is 37.5 Å². The van der Waals surface area contributed by atoms with Crippen molar-refractivity contribution in [2.24, 2.45) is 0 Å².